The number of anilines is 1. The van der Waals surface area contributed by atoms with Crippen LogP contribution in [0.2, 0.25) is 0 Å². The Kier molecular flexibility index (Phi) is 3.64. The summed E-state index contributed by atoms with van der Waals surface area (Å²) in [6, 6.07) is 10.4. The molecule has 18 heavy (non-hydrogen) atoms. The first-order valence-corrected chi connectivity index (χ1v) is 5.61. The Balaban J connectivity index is 2.03. The van der Waals surface area contributed by atoms with Crippen molar-refractivity contribution in [2.45, 2.75) is 13.0 Å². The van der Waals surface area contributed by atoms with Gasteiger partial charge in [0.15, 0.2) is 0 Å². The fraction of sp³-hybridized carbons (Fsp3) is 0.154. The number of furan rings is 1. The number of hydrazine groups is 1. The number of carbonyl (C=O) groups excluding carboxylic acids is 1. The van der Waals surface area contributed by atoms with Gasteiger partial charge in [0, 0.05) is 11.3 Å². The average Bonchev–Trinajstić information content (AvgIpc) is 2.92. The lowest BCUT2D eigenvalue weighted by molar-refractivity contribution is 0.0935. The molecule has 5 nitrogen and oxygen atoms in total. The molecule has 0 saturated carbocycles. The van der Waals surface area contributed by atoms with Gasteiger partial charge < -0.3 is 15.2 Å². The number of nitrogens with one attached hydrogen (secondary N) is 2. The van der Waals surface area contributed by atoms with Crippen molar-refractivity contribution >= 4 is 11.6 Å². The highest BCUT2D eigenvalue weighted by Gasteiger charge is 2.12. The van der Waals surface area contributed by atoms with Gasteiger partial charge in [-0.2, -0.15) is 0 Å². The molecule has 94 valence electrons. The number of rotatable bonds is 4. The molecule has 1 amide bonds. The topological polar surface area (TPSA) is 80.3 Å². The molecule has 0 spiro atoms. The van der Waals surface area contributed by atoms with Gasteiger partial charge in [-0.3, -0.25) is 10.6 Å². The molecule has 2 rings (SSSR count). The maximum Gasteiger partial charge on any atom is 0.251 e. The zero-order valence-corrected chi connectivity index (χ0v) is 10.0. The highest BCUT2D eigenvalue weighted by atomic mass is 16.3. The predicted molar refractivity (Wildman–Crippen MR) is 68.8 cm³/mol. The van der Waals surface area contributed by atoms with E-state index in [0.717, 1.165) is 11.4 Å². The van der Waals surface area contributed by atoms with Crippen LogP contribution >= 0.6 is 0 Å². The Morgan fingerprint density at radius 2 is 2.00 bits per heavy atom. The minimum atomic E-state index is -0.167. The molecule has 0 aliphatic rings. The predicted octanol–water partition coefficient (Wildman–Crippen LogP) is 2.06. The minimum Gasteiger partial charge on any atom is -0.467 e. The molecular weight excluding hydrogens is 230 g/mol. The molecule has 4 N–H and O–H groups in total. The van der Waals surface area contributed by atoms with Crippen molar-refractivity contribution in [2.24, 2.45) is 5.84 Å². The van der Waals surface area contributed by atoms with Gasteiger partial charge >= 0.3 is 0 Å². The summed E-state index contributed by atoms with van der Waals surface area (Å²) in [7, 11) is 0. The second-order valence-electron chi connectivity index (χ2n) is 3.93. The quantitative estimate of drug-likeness (QED) is 0.569. The van der Waals surface area contributed by atoms with Crippen molar-refractivity contribution < 1.29 is 9.21 Å². The van der Waals surface area contributed by atoms with E-state index in [2.05, 4.69) is 10.7 Å². The number of benzene rings is 1. The second kappa shape index (κ2) is 5.37. The van der Waals surface area contributed by atoms with E-state index in [1.165, 1.54) is 0 Å². The molecule has 0 bridgehead atoms. The van der Waals surface area contributed by atoms with Crippen LogP contribution < -0.4 is 16.6 Å². The molecule has 0 radical (unpaired) electrons. The van der Waals surface area contributed by atoms with Crippen molar-refractivity contribution in [1.82, 2.24) is 5.32 Å². The third-order valence-corrected chi connectivity index (χ3v) is 2.63. The van der Waals surface area contributed by atoms with Crippen LogP contribution in [0.4, 0.5) is 5.69 Å². The molecule has 1 unspecified atom stereocenters. The molecule has 5 heteroatoms. The van der Waals surface area contributed by atoms with Gasteiger partial charge in [-0.1, -0.05) is 0 Å². The second-order valence-corrected chi connectivity index (χ2v) is 3.93. The van der Waals surface area contributed by atoms with Gasteiger partial charge in [0.05, 0.1) is 12.3 Å². The molecule has 1 aromatic heterocycles. The van der Waals surface area contributed by atoms with E-state index >= 15 is 0 Å². The summed E-state index contributed by atoms with van der Waals surface area (Å²) in [5, 5.41) is 2.85. The van der Waals surface area contributed by atoms with Crippen molar-refractivity contribution in [2.75, 3.05) is 5.43 Å². The Labute approximate surface area is 105 Å². The van der Waals surface area contributed by atoms with Crippen LogP contribution in [0.5, 0.6) is 0 Å². The normalized spacial score (nSPS) is 11.9. The number of nitrogen functional groups attached to an aromatic ring is 1. The molecule has 1 aromatic carbocycles. The summed E-state index contributed by atoms with van der Waals surface area (Å²) >= 11 is 0. The van der Waals surface area contributed by atoms with E-state index in [9.17, 15) is 4.79 Å². The summed E-state index contributed by atoms with van der Waals surface area (Å²) in [5.41, 5.74) is 3.84. The van der Waals surface area contributed by atoms with Crippen molar-refractivity contribution in [3.05, 3.63) is 54.0 Å². The van der Waals surface area contributed by atoms with Crippen LogP contribution in [0.1, 0.15) is 29.1 Å². The first-order chi connectivity index (χ1) is 8.70. The number of hydrogen-bond acceptors (Lipinski definition) is 4. The van der Waals surface area contributed by atoms with Crippen LogP contribution in [0, 0.1) is 0 Å². The number of carbonyl (C=O) groups is 1. The van der Waals surface area contributed by atoms with Crippen LogP contribution in [-0.4, -0.2) is 5.91 Å². The Hall–Kier alpha value is -2.27. The van der Waals surface area contributed by atoms with E-state index in [1.807, 2.05) is 13.0 Å². The molecule has 0 aliphatic heterocycles. The van der Waals surface area contributed by atoms with Gasteiger partial charge in [-0.25, -0.2) is 0 Å². The lowest BCUT2D eigenvalue weighted by Gasteiger charge is -2.11. The lowest BCUT2D eigenvalue weighted by Crippen LogP contribution is -2.26. The summed E-state index contributed by atoms with van der Waals surface area (Å²) in [4.78, 5) is 11.9. The van der Waals surface area contributed by atoms with Gasteiger partial charge in [0.25, 0.3) is 5.91 Å². The van der Waals surface area contributed by atoms with Crippen LogP contribution in [0.3, 0.4) is 0 Å². The number of hydrogen-bond donors (Lipinski definition) is 3. The zero-order chi connectivity index (χ0) is 13.0. The van der Waals surface area contributed by atoms with Crippen molar-refractivity contribution in [1.29, 1.82) is 0 Å². The smallest absolute Gasteiger partial charge is 0.251 e. The largest absolute Gasteiger partial charge is 0.467 e. The fourth-order valence-electron chi connectivity index (χ4n) is 1.61. The summed E-state index contributed by atoms with van der Waals surface area (Å²) in [6.07, 6.45) is 1.58. The van der Waals surface area contributed by atoms with Gasteiger partial charge in [-0.15, -0.1) is 0 Å². The maximum atomic E-state index is 11.9. The molecule has 0 aliphatic carbocycles. The standard InChI is InChI=1S/C13H15N3O2/c1-9(12-3-2-8-18-12)15-13(17)10-4-6-11(16-14)7-5-10/h2-9,16H,14H2,1H3,(H,15,17). The van der Waals surface area contributed by atoms with Gasteiger partial charge in [0.1, 0.15) is 5.76 Å². The summed E-state index contributed by atoms with van der Waals surface area (Å²) in [6.45, 7) is 1.87. The van der Waals surface area contributed by atoms with Gasteiger partial charge in [0.2, 0.25) is 0 Å². The number of amides is 1. The van der Waals surface area contributed by atoms with E-state index < -0.39 is 0 Å². The van der Waals surface area contributed by atoms with Crippen molar-refractivity contribution in [3.8, 4) is 0 Å². The molecule has 0 fully saturated rings. The molecule has 2 aromatic rings. The van der Waals surface area contributed by atoms with Crippen LogP contribution in [0.25, 0.3) is 0 Å². The molecule has 1 atom stereocenters. The fourth-order valence-corrected chi connectivity index (χ4v) is 1.61. The molecule has 1 heterocycles. The van der Waals surface area contributed by atoms with E-state index in [1.54, 1.807) is 36.6 Å². The molecular formula is C13H15N3O2. The Morgan fingerprint density at radius 3 is 2.56 bits per heavy atom. The monoisotopic (exact) mass is 245 g/mol. The first-order valence-electron chi connectivity index (χ1n) is 5.61. The van der Waals surface area contributed by atoms with E-state index in [-0.39, 0.29) is 11.9 Å². The first kappa shape index (κ1) is 12.2. The third kappa shape index (κ3) is 2.70. The van der Waals surface area contributed by atoms with E-state index in [4.69, 9.17) is 10.3 Å². The zero-order valence-electron chi connectivity index (χ0n) is 10.0. The Bertz CT molecular complexity index is 506. The highest BCUT2D eigenvalue weighted by molar-refractivity contribution is 5.94. The average molecular weight is 245 g/mol. The third-order valence-electron chi connectivity index (χ3n) is 2.63. The van der Waals surface area contributed by atoms with Crippen LogP contribution in [0.15, 0.2) is 47.1 Å². The lowest BCUT2D eigenvalue weighted by atomic mass is 10.1. The van der Waals surface area contributed by atoms with Crippen molar-refractivity contribution in [3.63, 3.8) is 0 Å². The highest BCUT2D eigenvalue weighted by Crippen LogP contribution is 2.14. The Morgan fingerprint density at radius 1 is 1.28 bits per heavy atom. The molecule has 0 saturated heterocycles. The number of nitrogens with two attached hydrogens (primary N) is 1. The van der Waals surface area contributed by atoms with Gasteiger partial charge in [-0.05, 0) is 43.3 Å². The minimum absolute atomic E-state index is 0.150. The van der Waals surface area contributed by atoms with E-state index in [0.29, 0.717) is 5.56 Å². The summed E-state index contributed by atoms with van der Waals surface area (Å²) in [5.74, 6) is 5.83. The summed E-state index contributed by atoms with van der Waals surface area (Å²) < 4.78 is 5.23. The SMILES string of the molecule is CC(NC(=O)c1ccc(NN)cc1)c1ccco1. The maximum absolute atomic E-state index is 11.9. The van der Waals surface area contributed by atoms with Crippen LogP contribution in [-0.2, 0) is 0 Å².